The highest BCUT2D eigenvalue weighted by atomic mass is 19.1. The lowest BCUT2D eigenvalue weighted by Gasteiger charge is -2.32. The van der Waals surface area contributed by atoms with Gasteiger partial charge in [0, 0.05) is 11.9 Å². The van der Waals surface area contributed by atoms with Crippen LogP contribution in [0.1, 0.15) is 18.2 Å². The monoisotopic (exact) mass is 415 g/mol. The lowest BCUT2D eigenvalue weighted by atomic mass is 10.1. The molecule has 1 unspecified atom stereocenters. The molecule has 154 valence electrons. The molecule has 0 saturated heterocycles. The van der Waals surface area contributed by atoms with Gasteiger partial charge in [0.1, 0.15) is 11.9 Å². The number of halogens is 1. The second-order valence-corrected chi connectivity index (χ2v) is 7.29. The number of nitrogens with zero attached hydrogens (tertiary/aromatic N) is 4. The van der Waals surface area contributed by atoms with Gasteiger partial charge in [0.25, 0.3) is 0 Å². The fraction of sp³-hybridized carbons (Fsp3) is 0.130. The number of rotatable bonds is 4. The molecule has 3 heterocycles. The molecule has 1 aliphatic rings. The van der Waals surface area contributed by atoms with Gasteiger partial charge in [-0.05, 0) is 48.5 Å². The summed E-state index contributed by atoms with van der Waals surface area (Å²) in [7, 11) is 0. The van der Waals surface area contributed by atoms with Crippen molar-refractivity contribution in [3.8, 4) is 0 Å². The molecule has 2 aromatic heterocycles. The van der Waals surface area contributed by atoms with E-state index in [1.807, 2.05) is 42.5 Å². The van der Waals surface area contributed by atoms with Crippen molar-refractivity contribution in [2.75, 3.05) is 10.2 Å². The first-order valence-electron chi connectivity index (χ1n) is 9.84. The van der Waals surface area contributed by atoms with Crippen LogP contribution >= 0.6 is 0 Å². The molecule has 2 amide bonds. The number of carbonyl (C=O) groups excluding carboxylic acids is 2. The molecule has 0 spiro atoms. The van der Waals surface area contributed by atoms with E-state index in [1.165, 1.54) is 24.3 Å². The highest BCUT2D eigenvalue weighted by Crippen LogP contribution is 2.35. The molecule has 1 atom stereocenters. The van der Waals surface area contributed by atoms with Gasteiger partial charge in [-0.25, -0.2) is 9.37 Å². The zero-order chi connectivity index (χ0) is 21.4. The number of carbonyl (C=O) groups is 2. The van der Waals surface area contributed by atoms with E-state index in [4.69, 9.17) is 0 Å². The molecule has 31 heavy (non-hydrogen) atoms. The fourth-order valence-electron chi connectivity index (χ4n) is 3.79. The van der Waals surface area contributed by atoms with Crippen molar-refractivity contribution in [1.82, 2.24) is 14.5 Å². The molecule has 1 aliphatic heterocycles. The number of imidazole rings is 1. The van der Waals surface area contributed by atoms with Crippen LogP contribution < -0.4 is 10.2 Å². The van der Waals surface area contributed by atoms with Crippen molar-refractivity contribution in [2.45, 2.75) is 19.0 Å². The van der Waals surface area contributed by atoms with Crippen molar-refractivity contribution < 1.29 is 14.0 Å². The summed E-state index contributed by atoms with van der Waals surface area (Å²) in [5, 5.41) is 2.78. The van der Waals surface area contributed by atoms with Gasteiger partial charge in [-0.1, -0.05) is 18.2 Å². The van der Waals surface area contributed by atoms with E-state index in [0.717, 1.165) is 11.2 Å². The molecular formula is C23H18FN5O2. The van der Waals surface area contributed by atoms with E-state index in [1.54, 1.807) is 15.7 Å². The second-order valence-electron chi connectivity index (χ2n) is 7.29. The van der Waals surface area contributed by atoms with Crippen molar-refractivity contribution in [2.24, 2.45) is 0 Å². The van der Waals surface area contributed by atoms with Crippen LogP contribution in [0.2, 0.25) is 0 Å². The summed E-state index contributed by atoms with van der Waals surface area (Å²) >= 11 is 0. The molecule has 0 aliphatic carbocycles. The van der Waals surface area contributed by atoms with E-state index < -0.39 is 6.04 Å². The van der Waals surface area contributed by atoms with E-state index in [-0.39, 0.29) is 30.6 Å². The Morgan fingerprint density at radius 2 is 1.84 bits per heavy atom. The quantitative estimate of drug-likeness (QED) is 0.551. The molecule has 5 rings (SSSR count). The van der Waals surface area contributed by atoms with E-state index in [2.05, 4.69) is 15.3 Å². The Labute approximate surface area is 177 Å². The highest BCUT2D eigenvalue weighted by molar-refractivity contribution is 6.03. The molecule has 0 radical (unpaired) electrons. The number of pyridine rings is 1. The maximum atomic E-state index is 13.2. The Bertz CT molecular complexity index is 1270. The number of benzene rings is 2. The summed E-state index contributed by atoms with van der Waals surface area (Å²) in [6.45, 7) is 0.259. The number of anilines is 2. The summed E-state index contributed by atoms with van der Waals surface area (Å²) in [4.78, 5) is 36.7. The highest BCUT2D eigenvalue weighted by Gasteiger charge is 2.37. The number of aromatic nitrogens is 3. The van der Waals surface area contributed by atoms with Crippen LogP contribution in [0.5, 0.6) is 0 Å². The van der Waals surface area contributed by atoms with Crippen LogP contribution in [0, 0.1) is 5.82 Å². The Hall–Kier alpha value is -4.07. The van der Waals surface area contributed by atoms with Crippen LogP contribution in [0.15, 0.2) is 72.9 Å². The molecule has 7 nitrogen and oxygen atoms in total. The Morgan fingerprint density at radius 1 is 1.06 bits per heavy atom. The lowest BCUT2D eigenvalue weighted by Crippen LogP contribution is -2.42. The van der Waals surface area contributed by atoms with Crippen LogP contribution in [0.4, 0.5) is 16.0 Å². The number of hydrogen-bond acceptors (Lipinski definition) is 4. The Kier molecular flexibility index (Phi) is 4.66. The third-order valence-electron chi connectivity index (χ3n) is 5.26. The molecule has 4 aromatic rings. The Morgan fingerprint density at radius 3 is 2.61 bits per heavy atom. The zero-order valence-electron chi connectivity index (χ0n) is 16.4. The second kappa shape index (κ2) is 7.64. The van der Waals surface area contributed by atoms with Gasteiger partial charge in [-0.2, -0.15) is 0 Å². The third-order valence-corrected chi connectivity index (χ3v) is 5.26. The van der Waals surface area contributed by atoms with Crippen molar-refractivity contribution in [1.29, 1.82) is 0 Å². The van der Waals surface area contributed by atoms with Crippen LogP contribution in [-0.4, -0.2) is 26.3 Å². The zero-order valence-corrected chi connectivity index (χ0v) is 16.4. The van der Waals surface area contributed by atoms with Crippen LogP contribution in [0.3, 0.4) is 0 Å². The maximum absolute atomic E-state index is 13.2. The summed E-state index contributed by atoms with van der Waals surface area (Å²) in [5.41, 5.74) is 2.64. The van der Waals surface area contributed by atoms with Crippen LogP contribution in [0.25, 0.3) is 11.0 Å². The standard InChI is InChI=1S/C23H18FN5O2/c24-15-8-10-16(11-9-15)26-22(31)20-13-21(30)28(14-17-5-3-4-12-25-17)23-27-18-6-1-2-7-19(18)29(20)23/h1-12,20H,13-14H2,(H,26,31). The summed E-state index contributed by atoms with van der Waals surface area (Å²) in [6.07, 6.45) is 1.65. The number of nitrogens with one attached hydrogen (secondary N) is 1. The van der Waals surface area contributed by atoms with Gasteiger partial charge in [0.05, 0.1) is 29.7 Å². The Balaban J connectivity index is 1.54. The first kappa shape index (κ1) is 18.9. The molecule has 0 saturated carbocycles. The van der Waals surface area contributed by atoms with Crippen molar-refractivity contribution >= 4 is 34.5 Å². The van der Waals surface area contributed by atoms with Gasteiger partial charge < -0.3 is 5.32 Å². The third kappa shape index (κ3) is 3.52. The summed E-state index contributed by atoms with van der Waals surface area (Å²) < 4.78 is 15.0. The normalized spacial score (nSPS) is 15.7. The minimum absolute atomic E-state index is 0.0206. The van der Waals surface area contributed by atoms with Gasteiger partial charge >= 0.3 is 0 Å². The average Bonchev–Trinajstić information content (AvgIpc) is 3.17. The van der Waals surface area contributed by atoms with Gasteiger partial charge in [-0.15, -0.1) is 0 Å². The predicted octanol–water partition coefficient (Wildman–Crippen LogP) is 3.69. The molecule has 1 N–H and O–H groups in total. The number of fused-ring (bicyclic) bond motifs is 3. The SMILES string of the molecule is O=C(Nc1ccc(F)cc1)C1CC(=O)N(Cc2ccccn2)c2nc3ccccc3n21. The lowest BCUT2D eigenvalue weighted by molar-refractivity contribution is -0.126. The predicted molar refractivity (Wildman–Crippen MR) is 114 cm³/mol. The molecule has 2 aromatic carbocycles. The minimum atomic E-state index is -0.778. The van der Waals surface area contributed by atoms with Crippen molar-refractivity contribution in [3.63, 3.8) is 0 Å². The van der Waals surface area contributed by atoms with Crippen LogP contribution in [-0.2, 0) is 16.1 Å². The van der Waals surface area contributed by atoms with E-state index >= 15 is 0 Å². The van der Waals surface area contributed by atoms with Crippen molar-refractivity contribution in [3.05, 3.63) is 84.4 Å². The maximum Gasteiger partial charge on any atom is 0.248 e. The number of amides is 2. The minimum Gasteiger partial charge on any atom is -0.324 e. The molecule has 0 bridgehead atoms. The first-order valence-corrected chi connectivity index (χ1v) is 9.84. The smallest absolute Gasteiger partial charge is 0.248 e. The average molecular weight is 415 g/mol. The van der Waals surface area contributed by atoms with Gasteiger partial charge in [0.2, 0.25) is 17.8 Å². The fourth-order valence-corrected chi connectivity index (χ4v) is 3.79. The first-order chi connectivity index (χ1) is 15.1. The summed E-state index contributed by atoms with van der Waals surface area (Å²) in [6, 6.07) is 17.7. The summed E-state index contributed by atoms with van der Waals surface area (Å²) in [5.74, 6) is -0.559. The molecule has 8 heteroatoms. The van der Waals surface area contributed by atoms with Gasteiger partial charge in [-0.3, -0.25) is 24.0 Å². The topological polar surface area (TPSA) is 80.1 Å². The molecule has 0 fully saturated rings. The number of hydrogen-bond donors (Lipinski definition) is 1. The van der Waals surface area contributed by atoms with E-state index in [0.29, 0.717) is 17.2 Å². The largest absolute Gasteiger partial charge is 0.324 e. The van der Waals surface area contributed by atoms with Gasteiger partial charge in [0.15, 0.2) is 0 Å². The number of para-hydroxylation sites is 2. The molecular weight excluding hydrogens is 397 g/mol. The van der Waals surface area contributed by atoms with E-state index in [9.17, 15) is 14.0 Å².